The van der Waals surface area contributed by atoms with Gasteiger partial charge in [-0.25, -0.2) is 0 Å². The molecule has 0 aliphatic heterocycles. The van der Waals surface area contributed by atoms with Gasteiger partial charge in [0.25, 0.3) is 11.6 Å². The molecule has 2 aliphatic rings. The van der Waals surface area contributed by atoms with Gasteiger partial charge in [0.05, 0.1) is 10.5 Å². The van der Waals surface area contributed by atoms with Crippen molar-refractivity contribution < 1.29 is 9.72 Å². The largest absolute Gasteiger partial charge is 0.360 e. The molecule has 1 N–H and O–H groups in total. The Labute approximate surface area is 146 Å². The smallest absolute Gasteiger partial charge is 0.270 e. The van der Waals surface area contributed by atoms with Crippen LogP contribution in [-0.2, 0) is 0 Å². The van der Waals surface area contributed by atoms with E-state index >= 15 is 0 Å². The highest BCUT2D eigenvalue weighted by molar-refractivity contribution is 6.07. The number of non-ortho nitro benzene ring substituents is 1. The van der Waals surface area contributed by atoms with Crippen LogP contribution in [0.5, 0.6) is 0 Å². The van der Waals surface area contributed by atoms with E-state index in [0.29, 0.717) is 23.0 Å². The second-order valence-corrected chi connectivity index (χ2v) is 7.55. The van der Waals surface area contributed by atoms with Gasteiger partial charge >= 0.3 is 0 Å². The van der Waals surface area contributed by atoms with Crippen LogP contribution in [0.1, 0.15) is 55.8 Å². The highest BCUT2D eigenvalue weighted by Gasteiger charge is 2.39. The molecule has 0 saturated heterocycles. The standard InChI is InChI=1S/C19H23N3O3/c1-12-2-4-13(5-3-12)21(14-6-7-14)19(23)17-11-20-18-9-8-15(22(24)25)10-16(17)18/h8-14,20H,2-7H2,1H3. The van der Waals surface area contributed by atoms with Crippen LogP contribution in [-0.4, -0.2) is 32.8 Å². The van der Waals surface area contributed by atoms with E-state index in [1.54, 1.807) is 12.3 Å². The van der Waals surface area contributed by atoms with E-state index < -0.39 is 4.92 Å². The Morgan fingerprint density at radius 1 is 1.16 bits per heavy atom. The van der Waals surface area contributed by atoms with Crippen LogP contribution in [0.4, 0.5) is 5.69 Å². The van der Waals surface area contributed by atoms with Crippen LogP contribution in [0.15, 0.2) is 24.4 Å². The Kier molecular flexibility index (Phi) is 3.98. The quantitative estimate of drug-likeness (QED) is 0.666. The Hall–Kier alpha value is -2.37. The number of hydrogen-bond acceptors (Lipinski definition) is 3. The lowest BCUT2D eigenvalue weighted by atomic mass is 9.86. The minimum atomic E-state index is -0.415. The van der Waals surface area contributed by atoms with E-state index in [2.05, 4.69) is 16.8 Å². The molecule has 1 aromatic carbocycles. The number of carbonyl (C=O) groups is 1. The Morgan fingerprint density at radius 3 is 2.40 bits per heavy atom. The van der Waals surface area contributed by atoms with Crippen molar-refractivity contribution in [3.05, 3.63) is 40.1 Å². The van der Waals surface area contributed by atoms with Crippen molar-refractivity contribution in [2.75, 3.05) is 0 Å². The fourth-order valence-corrected chi connectivity index (χ4v) is 4.04. The fraction of sp³-hybridized carbons (Fsp3) is 0.526. The van der Waals surface area contributed by atoms with E-state index in [9.17, 15) is 14.9 Å². The number of carbonyl (C=O) groups excluding carboxylic acids is 1. The summed E-state index contributed by atoms with van der Waals surface area (Å²) in [4.78, 5) is 29.1. The van der Waals surface area contributed by atoms with Gasteiger partial charge in [0.1, 0.15) is 0 Å². The fourth-order valence-electron chi connectivity index (χ4n) is 4.04. The van der Waals surface area contributed by atoms with Gasteiger partial charge in [-0.1, -0.05) is 6.92 Å². The van der Waals surface area contributed by atoms with Crippen molar-refractivity contribution >= 4 is 22.5 Å². The molecule has 0 spiro atoms. The van der Waals surface area contributed by atoms with E-state index in [1.807, 2.05) is 0 Å². The summed E-state index contributed by atoms with van der Waals surface area (Å²) < 4.78 is 0. The summed E-state index contributed by atoms with van der Waals surface area (Å²) >= 11 is 0. The van der Waals surface area contributed by atoms with E-state index in [-0.39, 0.29) is 11.6 Å². The summed E-state index contributed by atoms with van der Waals surface area (Å²) in [5.41, 5.74) is 1.34. The second kappa shape index (κ2) is 6.17. The molecule has 2 saturated carbocycles. The molecule has 6 nitrogen and oxygen atoms in total. The topological polar surface area (TPSA) is 79.2 Å². The summed E-state index contributed by atoms with van der Waals surface area (Å²) in [5.74, 6) is 0.761. The molecule has 2 fully saturated rings. The maximum absolute atomic E-state index is 13.3. The van der Waals surface area contributed by atoms with Crippen LogP contribution in [0.3, 0.4) is 0 Å². The number of benzene rings is 1. The SMILES string of the molecule is CC1CCC(N(C(=O)c2c[nH]c3ccc([N+](=O)[O-])cc23)C2CC2)CC1. The van der Waals surface area contributed by atoms with E-state index in [0.717, 1.165) is 37.1 Å². The zero-order valence-electron chi connectivity index (χ0n) is 14.4. The van der Waals surface area contributed by atoms with Crippen LogP contribution in [0, 0.1) is 16.0 Å². The maximum Gasteiger partial charge on any atom is 0.270 e. The number of fused-ring (bicyclic) bond motifs is 1. The number of nitro groups is 1. The molecule has 0 radical (unpaired) electrons. The van der Waals surface area contributed by atoms with Crippen LogP contribution in [0.2, 0.25) is 0 Å². The number of hydrogen-bond donors (Lipinski definition) is 1. The van der Waals surface area contributed by atoms with Crippen molar-refractivity contribution in [3.63, 3.8) is 0 Å². The first kappa shape index (κ1) is 16.1. The molecule has 1 aromatic heterocycles. The average Bonchev–Trinajstić information content (AvgIpc) is 3.34. The van der Waals surface area contributed by atoms with Gasteiger partial charge in [-0.3, -0.25) is 14.9 Å². The third-order valence-corrected chi connectivity index (χ3v) is 5.66. The number of H-pyrrole nitrogens is 1. The first-order chi connectivity index (χ1) is 12.0. The highest BCUT2D eigenvalue weighted by Crippen LogP contribution is 2.37. The Morgan fingerprint density at radius 2 is 1.80 bits per heavy atom. The normalized spacial score (nSPS) is 23.6. The van der Waals surface area contributed by atoms with Gasteiger partial charge in [0, 0.05) is 41.3 Å². The third-order valence-electron chi connectivity index (χ3n) is 5.66. The van der Waals surface area contributed by atoms with Gasteiger partial charge < -0.3 is 9.88 Å². The van der Waals surface area contributed by atoms with Gasteiger partial charge in [0.2, 0.25) is 0 Å². The van der Waals surface area contributed by atoms with Gasteiger partial charge in [-0.2, -0.15) is 0 Å². The van der Waals surface area contributed by atoms with Crippen molar-refractivity contribution in [3.8, 4) is 0 Å². The first-order valence-corrected chi connectivity index (χ1v) is 9.13. The molecule has 6 heteroatoms. The van der Waals surface area contributed by atoms with E-state index in [4.69, 9.17) is 0 Å². The maximum atomic E-state index is 13.3. The van der Waals surface area contributed by atoms with Crippen molar-refractivity contribution in [1.82, 2.24) is 9.88 Å². The minimum absolute atomic E-state index is 0.0191. The van der Waals surface area contributed by atoms with Crippen LogP contribution in [0.25, 0.3) is 10.9 Å². The average molecular weight is 341 g/mol. The first-order valence-electron chi connectivity index (χ1n) is 9.13. The Balaban J connectivity index is 1.67. The molecule has 132 valence electrons. The Bertz CT molecular complexity index is 816. The molecule has 2 aliphatic carbocycles. The van der Waals surface area contributed by atoms with Crippen LogP contribution < -0.4 is 0 Å². The van der Waals surface area contributed by atoms with Crippen molar-refractivity contribution in [1.29, 1.82) is 0 Å². The zero-order chi connectivity index (χ0) is 17.6. The predicted octanol–water partition coefficient (Wildman–Crippen LogP) is 4.26. The number of aromatic nitrogens is 1. The molecule has 4 rings (SSSR count). The minimum Gasteiger partial charge on any atom is -0.360 e. The lowest BCUT2D eigenvalue weighted by molar-refractivity contribution is -0.384. The van der Waals surface area contributed by atoms with Crippen molar-refractivity contribution in [2.45, 2.75) is 57.5 Å². The summed E-state index contributed by atoms with van der Waals surface area (Å²) in [6, 6.07) is 5.30. The number of rotatable bonds is 4. The van der Waals surface area contributed by atoms with Gasteiger partial charge in [-0.05, 0) is 50.5 Å². The lowest BCUT2D eigenvalue weighted by Crippen LogP contribution is -2.43. The van der Waals surface area contributed by atoms with Gasteiger partial charge in [-0.15, -0.1) is 0 Å². The molecule has 1 amide bonds. The lowest BCUT2D eigenvalue weighted by Gasteiger charge is -2.36. The summed E-state index contributed by atoms with van der Waals surface area (Å²) in [5, 5.41) is 11.7. The van der Waals surface area contributed by atoms with E-state index in [1.165, 1.54) is 25.0 Å². The van der Waals surface area contributed by atoms with Crippen molar-refractivity contribution in [2.24, 2.45) is 5.92 Å². The number of nitrogens with zero attached hydrogens (tertiary/aromatic N) is 2. The highest BCUT2D eigenvalue weighted by atomic mass is 16.6. The number of amides is 1. The summed E-state index contributed by atoms with van der Waals surface area (Å²) in [6.07, 6.45) is 8.30. The second-order valence-electron chi connectivity index (χ2n) is 7.55. The number of nitrogens with one attached hydrogen (secondary N) is 1. The molecule has 25 heavy (non-hydrogen) atoms. The molecular formula is C19H23N3O3. The molecule has 1 heterocycles. The number of aromatic amines is 1. The molecule has 0 atom stereocenters. The number of nitro benzene ring substituents is 1. The van der Waals surface area contributed by atoms with Crippen LogP contribution >= 0.6 is 0 Å². The molecular weight excluding hydrogens is 318 g/mol. The summed E-state index contributed by atoms with van der Waals surface area (Å²) in [6.45, 7) is 2.28. The third kappa shape index (κ3) is 3.01. The predicted molar refractivity (Wildman–Crippen MR) is 95.6 cm³/mol. The molecule has 0 unspecified atom stereocenters. The molecule has 2 aromatic rings. The monoisotopic (exact) mass is 341 g/mol. The molecule has 0 bridgehead atoms. The zero-order valence-corrected chi connectivity index (χ0v) is 14.4. The summed E-state index contributed by atoms with van der Waals surface area (Å²) in [7, 11) is 0. The van der Waals surface area contributed by atoms with Gasteiger partial charge in [0.15, 0.2) is 0 Å².